The third-order valence-electron chi connectivity index (χ3n) is 3.24. The Morgan fingerprint density at radius 2 is 1.67 bits per heavy atom. The van der Waals surface area contributed by atoms with Crippen molar-refractivity contribution in [2.45, 2.75) is 0 Å². The van der Waals surface area contributed by atoms with Gasteiger partial charge in [-0.25, -0.2) is 0 Å². The molecule has 3 nitrogen and oxygen atoms in total. The molecule has 0 amide bonds. The number of nitrogens with two attached hydrogens (primary N) is 1. The van der Waals surface area contributed by atoms with Gasteiger partial charge in [0.25, 0.3) is 0 Å². The van der Waals surface area contributed by atoms with Gasteiger partial charge in [-0.05, 0) is 24.3 Å². The standard InChI is InChI=1S/C17H11ClN2O/c18-14-8-9-15(13-6-2-1-5-12(13)14)21-16-7-3-4-11(10-19)17(16)20/h1-9H,20H2. The predicted octanol–water partition coefficient (Wildman–Crippen LogP) is 4.74. The fourth-order valence-electron chi connectivity index (χ4n) is 2.17. The smallest absolute Gasteiger partial charge is 0.151 e. The van der Waals surface area contributed by atoms with Gasteiger partial charge in [-0.2, -0.15) is 5.26 Å². The van der Waals surface area contributed by atoms with E-state index in [0.717, 1.165) is 10.8 Å². The van der Waals surface area contributed by atoms with Crippen LogP contribution >= 0.6 is 11.6 Å². The van der Waals surface area contributed by atoms with Crippen LogP contribution in [-0.4, -0.2) is 0 Å². The van der Waals surface area contributed by atoms with Crippen LogP contribution in [0, 0.1) is 11.3 Å². The highest BCUT2D eigenvalue weighted by Gasteiger charge is 2.10. The average Bonchev–Trinajstić information content (AvgIpc) is 2.52. The minimum Gasteiger partial charge on any atom is -0.455 e. The van der Waals surface area contributed by atoms with Gasteiger partial charge in [0.1, 0.15) is 11.8 Å². The van der Waals surface area contributed by atoms with Crippen LogP contribution in [0.3, 0.4) is 0 Å². The van der Waals surface area contributed by atoms with Crippen LogP contribution < -0.4 is 10.5 Å². The Balaban J connectivity index is 2.12. The first-order chi connectivity index (χ1) is 10.2. The molecule has 3 aromatic rings. The summed E-state index contributed by atoms with van der Waals surface area (Å²) in [6.45, 7) is 0. The van der Waals surface area contributed by atoms with Gasteiger partial charge >= 0.3 is 0 Å². The zero-order chi connectivity index (χ0) is 14.8. The topological polar surface area (TPSA) is 59.0 Å². The van der Waals surface area contributed by atoms with Crippen LogP contribution in [0.4, 0.5) is 5.69 Å². The quantitative estimate of drug-likeness (QED) is 0.694. The number of anilines is 1. The fourth-order valence-corrected chi connectivity index (χ4v) is 2.40. The number of nitrogens with zero attached hydrogens (tertiary/aromatic N) is 1. The Morgan fingerprint density at radius 1 is 0.905 bits per heavy atom. The number of ether oxygens (including phenoxy) is 1. The molecule has 0 aliphatic heterocycles. The van der Waals surface area contributed by atoms with Gasteiger partial charge in [0.2, 0.25) is 0 Å². The predicted molar refractivity (Wildman–Crippen MR) is 84.6 cm³/mol. The van der Waals surface area contributed by atoms with Crippen molar-refractivity contribution in [1.82, 2.24) is 0 Å². The lowest BCUT2D eigenvalue weighted by atomic mass is 10.1. The molecule has 3 rings (SSSR count). The number of hydrogen-bond acceptors (Lipinski definition) is 3. The monoisotopic (exact) mass is 294 g/mol. The first kappa shape index (κ1) is 13.3. The lowest BCUT2D eigenvalue weighted by molar-refractivity contribution is 0.490. The summed E-state index contributed by atoms with van der Waals surface area (Å²) in [5.41, 5.74) is 6.67. The summed E-state index contributed by atoms with van der Waals surface area (Å²) >= 11 is 6.19. The van der Waals surface area contributed by atoms with E-state index in [9.17, 15) is 0 Å². The molecule has 102 valence electrons. The number of hydrogen-bond donors (Lipinski definition) is 1. The lowest BCUT2D eigenvalue weighted by Crippen LogP contribution is -1.95. The van der Waals surface area contributed by atoms with E-state index < -0.39 is 0 Å². The average molecular weight is 295 g/mol. The third kappa shape index (κ3) is 2.37. The maximum atomic E-state index is 9.01. The van der Waals surface area contributed by atoms with E-state index in [0.29, 0.717) is 27.8 Å². The molecule has 0 aliphatic rings. The van der Waals surface area contributed by atoms with Crippen molar-refractivity contribution in [2.75, 3.05) is 5.73 Å². The van der Waals surface area contributed by atoms with E-state index in [1.165, 1.54) is 0 Å². The van der Waals surface area contributed by atoms with Gasteiger partial charge in [-0.15, -0.1) is 0 Å². The highest BCUT2D eigenvalue weighted by molar-refractivity contribution is 6.35. The van der Waals surface area contributed by atoms with E-state index in [1.54, 1.807) is 30.3 Å². The molecule has 0 saturated carbocycles. The molecule has 0 unspecified atom stereocenters. The Kier molecular flexibility index (Phi) is 3.39. The molecular weight excluding hydrogens is 284 g/mol. The first-order valence-electron chi connectivity index (χ1n) is 6.34. The summed E-state index contributed by atoms with van der Waals surface area (Å²) in [6, 6.07) is 18.4. The van der Waals surface area contributed by atoms with E-state index in [2.05, 4.69) is 0 Å². The Hall–Kier alpha value is -2.70. The van der Waals surface area contributed by atoms with Crippen LogP contribution in [0.1, 0.15) is 5.56 Å². The number of benzene rings is 3. The molecular formula is C17H11ClN2O. The van der Waals surface area contributed by atoms with Crippen LogP contribution in [0.2, 0.25) is 5.02 Å². The van der Waals surface area contributed by atoms with E-state index >= 15 is 0 Å². The van der Waals surface area contributed by atoms with Crippen LogP contribution in [0.25, 0.3) is 10.8 Å². The van der Waals surface area contributed by atoms with Crippen molar-refractivity contribution in [3.8, 4) is 17.6 Å². The Bertz CT molecular complexity index is 868. The molecule has 0 fully saturated rings. The van der Waals surface area contributed by atoms with Gasteiger partial charge in [0.15, 0.2) is 5.75 Å². The van der Waals surface area contributed by atoms with E-state index in [-0.39, 0.29) is 0 Å². The number of halogens is 1. The molecule has 4 heteroatoms. The van der Waals surface area contributed by atoms with Crippen LogP contribution in [-0.2, 0) is 0 Å². The van der Waals surface area contributed by atoms with Gasteiger partial charge < -0.3 is 10.5 Å². The number of nitriles is 1. The summed E-state index contributed by atoms with van der Waals surface area (Å²) in [5, 5.41) is 11.5. The molecule has 3 aromatic carbocycles. The minimum atomic E-state index is 0.332. The summed E-state index contributed by atoms with van der Waals surface area (Å²) in [4.78, 5) is 0. The summed E-state index contributed by atoms with van der Waals surface area (Å²) < 4.78 is 5.89. The molecule has 0 spiro atoms. The second-order valence-electron chi connectivity index (χ2n) is 4.52. The number of rotatable bonds is 2. The van der Waals surface area contributed by atoms with Crippen molar-refractivity contribution in [3.05, 3.63) is 65.2 Å². The highest BCUT2D eigenvalue weighted by Crippen LogP contribution is 2.36. The van der Waals surface area contributed by atoms with Crippen molar-refractivity contribution in [2.24, 2.45) is 0 Å². The molecule has 0 radical (unpaired) electrons. The normalized spacial score (nSPS) is 10.3. The molecule has 0 aliphatic carbocycles. The molecule has 0 heterocycles. The zero-order valence-electron chi connectivity index (χ0n) is 11.0. The molecule has 0 saturated heterocycles. The summed E-state index contributed by atoms with van der Waals surface area (Å²) in [5.74, 6) is 1.11. The molecule has 21 heavy (non-hydrogen) atoms. The number of nitrogen functional groups attached to an aromatic ring is 1. The molecule has 0 bridgehead atoms. The Morgan fingerprint density at radius 3 is 2.43 bits per heavy atom. The van der Waals surface area contributed by atoms with Crippen molar-refractivity contribution in [1.29, 1.82) is 5.26 Å². The van der Waals surface area contributed by atoms with E-state index in [4.69, 9.17) is 27.3 Å². The lowest BCUT2D eigenvalue weighted by Gasteiger charge is -2.12. The fraction of sp³-hybridized carbons (Fsp3) is 0. The third-order valence-corrected chi connectivity index (χ3v) is 3.57. The van der Waals surface area contributed by atoms with E-state index in [1.807, 2.05) is 30.3 Å². The number of para-hydroxylation sites is 1. The van der Waals surface area contributed by atoms with Crippen molar-refractivity contribution in [3.63, 3.8) is 0 Å². The van der Waals surface area contributed by atoms with Gasteiger partial charge in [0.05, 0.1) is 11.3 Å². The van der Waals surface area contributed by atoms with Crippen molar-refractivity contribution >= 4 is 28.1 Å². The van der Waals surface area contributed by atoms with Gasteiger partial charge in [-0.3, -0.25) is 0 Å². The molecule has 2 N–H and O–H groups in total. The zero-order valence-corrected chi connectivity index (χ0v) is 11.8. The first-order valence-corrected chi connectivity index (χ1v) is 6.72. The van der Waals surface area contributed by atoms with Crippen LogP contribution in [0.5, 0.6) is 11.5 Å². The molecule has 0 atom stereocenters. The van der Waals surface area contributed by atoms with Crippen molar-refractivity contribution < 1.29 is 4.74 Å². The SMILES string of the molecule is N#Cc1cccc(Oc2ccc(Cl)c3ccccc23)c1N. The largest absolute Gasteiger partial charge is 0.455 e. The maximum absolute atomic E-state index is 9.01. The maximum Gasteiger partial charge on any atom is 0.151 e. The summed E-state index contributed by atoms with van der Waals surface area (Å²) in [6.07, 6.45) is 0. The highest BCUT2D eigenvalue weighted by atomic mass is 35.5. The minimum absolute atomic E-state index is 0.332. The molecule has 0 aromatic heterocycles. The van der Waals surface area contributed by atoms with Gasteiger partial charge in [-0.1, -0.05) is 41.9 Å². The second kappa shape index (κ2) is 5.35. The second-order valence-corrected chi connectivity index (χ2v) is 4.93. The van der Waals surface area contributed by atoms with Crippen LogP contribution in [0.15, 0.2) is 54.6 Å². The summed E-state index contributed by atoms with van der Waals surface area (Å²) in [7, 11) is 0. The Labute approximate surface area is 127 Å². The van der Waals surface area contributed by atoms with Gasteiger partial charge in [0, 0.05) is 15.8 Å². The number of fused-ring (bicyclic) bond motifs is 1.